The molecule has 0 saturated heterocycles. The Labute approximate surface area is 164 Å². The van der Waals surface area contributed by atoms with Crippen LogP contribution in [0.2, 0.25) is 0 Å². The van der Waals surface area contributed by atoms with Crippen molar-refractivity contribution in [1.82, 2.24) is 0 Å². The zero-order valence-electron chi connectivity index (χ0n) is 16.4. The van der Waals surface area contributed by atoms with Crippen LogP contribution >= 0.6 is 0 Å². The van der Waals surface area contributed by atoms with E-state index in [-0.39, 0.29) is 22.2 Å². The maximum Gasteiger partial charge on any atom is 0.339 e. The van der Waals surface area contributed by atoms with E-state index >= 15 is 0 Å². The molecular formula is C22H23N3O3. The molecule has 0 aromatic heterocycles. The second-order valence-electron chi connectivity index (χ2n) is 7.13. The number of anilines is 2. The van der Waals surface area contributed by atoms with Gasteiger partial charge in [0, 0.05) is 11.9 Å². The van der Waals surface area contributed by atoms with Gasteiger partial charge in [0.05, 0.1) is 18.4 Å². The Balaban J connectivity index is 2.14. The smallest absolute Gasteiger partial charge is 0.339 e. The van der Waals surface area contributed by atoms with E-state index in [0.717, 1.165) is 5.69 Å². The van der Waals surface area contributed by atoms with Gasteiger partial charge in [-0.2, -0.15) is 5.26 Å². The van der Waals surface area contributed by atoms with Crippen molar-refractivity contribution in [2.75, 3.05) is 17.7 Å². The van der Waals surface area contributed by atoms with Crippen LogP contribution < -0.4 is 10.6 Å². The minimum Gasteiger partial charge on any atom is -0.465 e. The van der Waals surface area contributed by atoms with E-state index in [1.165, 1.54) is 24.9 Å². The number of rotatable bonds is 5. The normalized spacial score (nSPS) is 11.3. The third-order valence-corrected chi connectivity index (χ3v) is 4.08. The molecule has 0 heterocycles. The summed E-state index contributed by atoms with van der Waals surface area (Å²) < 4.78 is 4.70. The number of nitrogens with zero attached hydrogens (tertiary/aromatic N) is 1. The Hall–Kier alpha value is -3.59. The van der Waals surface area contributed by atoms with Crippen LogP contribution in [0, 0.1) is 11.3 Å². The second-order valence-corrected chi connectivity index (χ2v) is 7.13. The number of esters is 1. The van der Waals surface area contributed by atoms with Crippen molar-refractivity contribution in [2.45, 2.75) is 26.2 Å². The number of hydrogen-bond acceptors (Lipinski definition) is 5. The minimum atomic E-state index is -0.627. The molecule has 0 saturated carbocycles. The largest absolute Gasteiger partial charge is 0.465 e. The van der Waals surface area contributed by atoms with Crippen LogP contribution in [0.1, 0.15) is 36.7 Å². The van der Waals surface area contributed by atoms with Crippen LogP contribution in [0.4, 0.5) is 11.4 Å². The summed E-state index contributed by atoms with van der Waals surface area (Å²) in [7, 11) is 1.26. The summed E-state index contributed by atoms with van der Waals surface area (Å²) in [6.07, 6.45) is 1.34. The SMILES string of the molecule is COC(=O)c1ccccc1NC(=O)/C(C#N)=C\Nc1ccc(C(C)(C)C)cc1. The number of ether oxygens (including phenoxy) is 1. The van der Waals surface area contributed by atoms with E-state index in [9.17, 15) is 14.9 Å². The molecule has 2 rings (SSSR count). The quantitative estimate of drug-likeness (QED) is 0.462. The maximum atomic E-state index is 12.4. The van der Waals surface area contributed by atoms with Gasteiger partial charge >= 0.3 is 5.97 Å². The average Bonchev–Trinajstić information content (AvgIpc) is 2.68. The first-order chi connectivity index (χ1) is 13.3. The summed E-state index contributed by atoms with van der Waals surface area (Å²) in [5.74, 6) is -1.20. The monoisotopic (exact) mass is 377 g/mol. The first kappa shape index (κ1) is 20.7. The van der Waals surface area contributed by atoms with Crippen molar-refractivity contribution >= 4 is 23.3 Å². The highest BCUT2D eigenvalue weighted by Crippen LogP contribution is 2.23. The zero-order valence-corrected chi connectivity index (χ0v) is 16.4. The van der Waals surface area contributed by atoms with Crippen molar-refractivity contribution < 1.29 is 14.3 Å². The van der Waals surface area contributed by atoms with Crippen molar-refractivity contribution in [1.29, 1.82) is 5.26 Å². The van der Waals surface area contributed by atoms with Gasteiger partial charge in [0.2, 0.25) is 0 Å². The Bertz CT molecular complexity index is 933. The fourth-order valence-electron chi connectivity index (χ4n) is 2.44. The first-order valence-corrected chi connectivity index (χ1v) is 8.72. The number of amides is 1. The number of carbonyl (C=O) groups excluding carboxylic acids is 2. The summed E-state index contributed by atoms with van der Waals surface area (Å²) >= 11 is 0. The molecule has 0 atom stereocenters. The lowest BCUT2D eigenvalue weighted by molar-refractivity contribution is -0.112. The fraction of sp³-hybridized carbons (Fsp3) is 0.227. The zero-order chi connectivity index (χ0) is 20.7. The third-order valence-electron chi connectivity index (χ3n) is 4.08. The molecule has 2 N–H and O–H groups in total. The van der Waals surface area contributed by atoms with Crippen molar-refractivity contribution in [3.63, 3.8) is 0 Å². The van der Waals surface area contributed by atoms with E-state index in [4.69, 9.17) is 4.74 Å². The standard InChI is InChI=1S/C22H23N3O3/c1-22(2,3)16-9-11-17(12-10-16)24-14-15(13-23)20(26)25-19-8-6-5-7-18(19)21(27)28-4/h5-12,14,24H,1-4H3,(H,25,26)/b15-14-. The van der Waals surface area contributed by atoms with Crippen molar-refractivity contribution in [3.05, 3.63) is 71.4 Å². The van der Waals surface area contributed by atoms with Gasteiger partial charge in [0.15, 0.2) is 0 Å². The molecule has 0 radical (unpaired) electrons. The predicted octanol–water partition coefficient (Wildman–Crippen LogP) is 4.23. The summed E-state index contributed by atoms with van der Waals surface area (Å²) in [6, 6.07) is 16.1. The van der Waals surface area contributed by atoms with Crippen molar-refractivity contribution in [2.24, 2.45) is 0 Å². The average molecular weight is 377 g/mol. The molecule has 6 nitrogen and oxygen atoms in total. The van der Waals surface area contributed by atoms with Crippen LogP contribution in [0.25, 0.3) is 0 Å². The van der Waals surface area contributed by atoms with E-state index in [0.29, 0.717) is 0 Å². The Morgan fingerprint density at radius 1 is 1.07 bits per heavy atom. The molecule has 2 aromatic carbocycles. The summed E-state index contributed by atoms with van der Waals surface area (Å²) in [5, 5.41) is 14.8. The lowest BCUT2D eigenvalue weighted by atomic mass is 9.87. The molecule has 6 heteroatoms. The van der Waals surface area contributed by atoms with Crippen LogP contribution in [0.3, 0.4) is 0 Å². The summed E-state index contributed by atoms with van der Waals surface area (Å²) in [6.45, 7) is 6.37. The van der Waals surface area contributed by atoms with Gasteiger partial charge in [0.1, 0.15) is 11.6 Å². The Kier molecular flexibility index (Phi) is 6.56. The van der Waals surface area contributed by atoms with E-state index in [2.05, 4.69) is 31.4 Å². The Morgan fingerprint density at radius 2 is 1.71 bits per heavy atom. The highest BCUT2D eigenvalue weighted by atomic mass is 16.5. The fourth-order valence-corrected chi connectivity index (χ4v) is 2.44. The number of hydrogen-bond donors (Lipinski definition) is 2. The van der Waals surface area contributed by atoms with E-state index in [1.807, 2.05) is 30.3 Å². The Morgan fingerprint density at radius 3 is 2.29 bits per heavy atom. The molecule has 0 aliphatic carbocycles. The number of methoxy groups -OCH3 is 1. The van der Waals surface area contributed by atoms with Crippen LogP contribution in [-0.4, -0.2) is 19.0 Å². The van der Waals surface area contributed by atoms with Gasteiger partial charge in [-0.3, -0.25) is 4.79 Å². The second kappa shape index (κ2) is 8.87. The molecule has 0 spiro atoms. The van der Waals surface area contributed by atoms with Gasteiger partial charge < -0.3 is 15.4 Å². The molecule has 0 unspecified atom stereocenters. The molecule has 0 aliphatic rings. The lowest BCUT2D eigenvalue weighted by Gasteiger charge is -2.19. The number of benzene rings is 2. The molecule has 28 heavy (non-hydrogen) atoms. The van der Waals surface area contributed by atoms with E-state index < -0.39 is 11.9 Å². The molecule has 1 amide bonds. The molecule has 0 aliphatic heterocycles. The highest BCUT2D eigenvalue weighted by Gasteiger charge is 2.16. The summed E-state index contributed by atoms with van der Waals surface area (Å²) in [4.78, 5) is 24.2. The van der Waals surface area contributed by atoms with Crippen molar-refractivity contribution in [3.8, 4) is 6.07 Å². The first-order valence-electron chi connectivity index (χ1n) is 8.72. The number of carbonyl (C=O) groups is 2. The van der Waals surface area contributed by atoms with Gasteiger partial charge in [0.25, 0.3) is 5.91 Å². The molecule has 0 fully saturated rings. The number of para-hydroxylation sites is 1. The predicted molar refractivity (Wildman–Crippen MR) is 109 cm³/mol. The van der Waals surface area contributed by atoms with Gasteiger partial charge in [-0.25, -0.2) is 4.79 Å². The molecule has 2 aromatic rings. The number of nitriles is 1. The van der Waals surface area contributed by atoms with Crippen LogP contribution in [0.15, 0.2) is 60.3 Å². The maximum absolute atomic E-state index is 12.4. The molecule has 0 bridgehead atoms. The minimum absolute atomic E-state index is 0.0408. The van der Waals surface area contributed by atoms with Gasteiger partial charge in [-0.15, -0.1) is 0 Å². The topological polar surface area (TPSA) is 91.2 Å². The lowest BCUT2D eigenvalue weighted by Crippen LogP contribution is -2.17. The summed E-state index contributed by atoms with van der Waals surface area (Å²) in [5.41, 5.74) is 2.33. The third kappa shape index (κ3) is 5.21. The van der Waals surface area contributed by atoms with Gasteiger partial charge in [-0.1, -0.05) is 45.0 Å². The molecular weight excluding hydrogens is 354 g/mol. The highest BCUT2D eigenvalue weighted by molar-refractivity contribution is 6.09. The molecule has 144 valence electrons. The van der Waals surface area contributed by atoms with Gasteiger partial charge in [-0.05, 0) is 35.2 Å². The van der Waals surface area contributed by atoms with Crippen LogP contribution in [-0.2, 0) is 14.9 Å². The van der Waals surface area contributed by atoms with E-state index in [1.54, 1.807) is 18.2 Å². The number of nitrogens with one attached hydrogen (secondary N) is 2. The van der Waals surface area contributed by atoms with Crippen LogP contribution in [0.5, 0.6) is 0 Å².